The number of carbonyl (C=O) groups is 1. The van der Waals surface area contributed by atoms with E-state index in [2.05, 4.69) is 20.6 Å². The Morgan fingerprint density at radius 1 is 1.21 bits per heavy atom. The van der Waals surface area contributed by atoms with E-state index in [0.717, 1.165) is 5.69 Å². The second kappa shape index (κ2) is 6.74. The van der Waals surface area contributed by atoms with Gasteiger partial charge in [0.05, 0.1) is 17.5 Å². The highest BCUT2D eigenvalue weighted by molar-refractivity contribution is 5.94. The van der Waals surface area contributed by atoms with Crippen molar-refractivity contribution in [3.63, 3.8) is 0 Å². The molecule has 0 aliphatic rings. The fourth-order valence-corrected chi connectivity index (χ4v) is 2.19. The molecule has 0 fully saturated rings. The molecule has 1 amide bonds. The van der Waals surface area contributed by atoms with Gasteiger partial charge in [0.25, 0.3) is 11.5 Å². The van der Waals surface area contributed by atoms with Crippen molar-refractivity contribution in [3.05, 3.63) is 82.0 Å². The zero-order valence-corrected chi connectivity index (χ0v) is 12.9. The molecule has 0 unspecified atom stereocenters. The molecular weight excluding hydrogens is 306 g/mol. The monoisotopic (exact) mass is 321 g/mol. The molecule has 24 heavy (non-hydrogen) atoms. The molecule has 2 aromatic heterocycles. The predicted octanol–water partition coefficient (Wildman–Crippen LogP) is 1.63. The third-order valence-corrected chi connectivity index (χ3v) is 3.43. The topological polar surface area (TPSA) is 92.1 Å². The number of hydrazone groups is 1. The van der Waals surface area contributed by atoms with Crippen LogP contribution in [0.25, 0.3) is 5.69 Å². The van der Waals surface area contributed by atoms with Crippen LogP contribution >= 0.6 is 0 Å². The molecule has 7 nitrogen and oxygen atoms in total. The van der Waals surface area contributed by atoms with Gasteiger partial charge >= 0.3 is 0 Å². The van der Waals surface area contributed by atoms with E-state index in [1.54, 1.807) is 19.1 Å². The Bertz CT molecular complexity index is 927. The molecule has 120 valence electrons. The third-order valence-electron chi connectivity index (χ3n) is 3.43. The van der Waals surface area contributed by atoms with E-state index in [4.69, 9.17) is 0 Å². The zero-order chi connectivity index (χ0) is 16.9. The molecule has 7 heteroatoms. The van der Waals surface area contributed by atoms with Crippen LogP contribution < -0.4 is 11.0 Å². The average Bonchev–Trinajstić information content (AvgIpc) is 2.91. The molecule has 3 aromatic rings. The van der Waals surface area contributed by atoms with Crippen molar-refractivity contribution >= 4 is 12.1 Å². The molecule has 0 atom stereocenters. The Balaban J connectivity index is 1.80. The Morgan fingerprint density at radius 3 is 2.62 bits per heavy atom. The van der Waals surface area contributed by atoms with Crippen molar-refractivity contribution in [2.24, 2.45) is 5.10 Å². The second-order valence-electron chi connectivity index (χ2n) is 5.06. The summed E-state index contributed by atoms with van der Waals surface area (Å²) >= 11 is 0. The molecule has 1 aromatic carbocycles. The molecule has 3 rings (SSSR count). The van der Waals surface area contributed by atoms with Gasteiger partial charge in [-0.25, -0.2) is 10.1 Å². The quantitative estimate of drug-likeness (QED) is 0.565. The number of hydrogen-bond acceptors (Lipinski definition) is 4. The highest BCUT2D eigenvalue weighted by Crippen LogP contribution is 2.05. The van der Waals surface area contributed by atoms with Crippen LogP contribution in [0.1, 0.15) is 21.6 Å². The van der Waals surface area contributed by atoms with Gasteiger partial charge in [-0.3, -0.25) is 19.7 Å². The average molecular weight is 321 g/mol. The maximum Gasteiger partial charge on any atom is 0.280 e. The molecule has 0 bridgehead atoms. The van der Waals surface area contributed by atoms with Crippen LogP contribution in [0.4, 0.5) is 0 Å². The third kappa shape index (κ3) is 3.14. The van der Waals surface area contributed by atoms with E-state index in [0.29, 0.717) is 16.8 Å². The van der Waals surface area contributed by atoms with E-state index in [1.807, 2.05) is 30.3 Å². The number of H-pyrrole nitrogens is 1. The lowest BCUT2D eigenvalue weighted by Crippen LogP contribution is -2.20. The van der Waals surface area contributed by atoms with Gasteiger partial charge < -0.3 is 0 Å². The number of nitrogens with zero attached hydrogens (tertiary/aromatic N) is 3. The van der Waals surface area contributed by atoms with Crippen molar-refractivity contribution in [2.75, 3.05) is 0 Å². The smallest absolute Gasteiger partial charge is 0.280 e. The van der Waals surface area contributed by atoms with Crippen LogP contribution in [0.15, 0.2) is 64.8 Å². The van der Waals surface area contributed by atoms with E-state index in [9.17, 15) is 9.59 Å². The highest BCUT2D eigenvalue weighted by Gasteiger charge is 2.10. The van der Waals surface area contributed by atoms with Gasteiger partial charge in [-0.2, -0.15) is 5.10 Å². The van der Waals surface area contributed by atoms with Crippen molar-refractivity contribution in [1.29, 1.82) is 0 Å². The minimum absolute atomic E-state index is 0.236. The van der Waals surface area contributed by atoms with Gasteiger partial charge in [0.1, 0.15) is 0 Å². The largest absolute Gasteiger partial charge is 0.295 e. The maximum absolute atomic E-state index is 12.5. The van der Waals surface area contributed by atoms with Gasteiger partial charge in [-0.15, -0.1) is 0 Å². The highest BCUT2D eigenvalue weighted by atomic mass is 16.2. The van der Waals surface area contributed by atoms with Crippen LogP contribution in [0, 0.1) is 6.92 Å². The minimum Gasteiger partial charge on any atom is -0.295 e. The molecule has 2 heterocycles. The van der Waals surface area contributed by atoms with E-state index >= 15 is 0 Å². The molecule has 0 radical (unpaired) electrons. The van der Waals surface area contributed by atoms with Crippen molar-refractivity contribution < 1.29 is 4.79 Å². The van der Waals surface area contributed by atoms with Crippen molar-refractivity contribution in [1.82, 2.24) is 20.2 Å². The number of aryl methyl sites for hydroxylation is 1. The summed E-state index contributed by atoms with van der Waals surface area (Å²) in [4.78, 5) is 28.2. The van der Waals surface area contributed by atoms with E-state index < -0.39 is 0 Å². The fourth-order valence-electron chi connectivity index (χ4n) is 2.19. The van der Waals surface area contributed by atoms with Crippen LogP contribution in [0.3, 0.4) is 0 Å². The van der Waals surface area contributed by atoms with Gasteiger partial charge in [0, 0.05) is 23.7 Å². The number of rotatable bonds is 4. The summed E-state index contributed by atoms with van der Waals surface area (Å²) in [6.07, 6.45) is 4.38. The van der Waals surface area contributed by atoms with Crippen LogP contribution in [-0.4, -0.2) is 26.9 Å². The first kappa shape index (κ1) is 15.4. The van der Waals surface area contributed by atoms with Crippen molar-refractivity contribution in [2.45, 2.75) is 6.92 Å². The van der Waals surface area contributed by atoms with Gasteiger partial charge in [-0.05, 0) is 31.2 Å². The van der Waals surface area contributed by atoms with Crippen LogP contribution in [0.5, 0.6) is 0 Å². The Kier molecular flexibility index (Phi) is 4.33. The summed E-state index contributed by atoms with van der Waals surface area (Å²) in [6.45, 7) is 1.77. The van der Waals surface area contributed by atoms with Crippen LogP contribution in [-0.2, 0) is 0 Å². The Hall–Kier alpha value is -3.48. The minimum atomic E-state index is -0.370. The number of hydrogen-bond donors (Lipinski definition) is 2. The normalized spacial score (nSPS) is 10.9. The molecule has 2 N–H and O–H groups in total. The Morgan fingerprint density at radius 2 is 1.92 bits per heavy atom. The number of para-hydroxylation sites is 1. The number of carbonyl (C=O) groups excluding carboxylic acids is 1. The summed E-state index contributed by atoms with van der Waals surface area (Å²) in [5, 5.41) is 6.86. The van der Waals surface area contributed by atoms with E-state index in [-0.39, 0.29) is 11.5 Å². The second-order valence-corrected chi connectivity index (χ2v) is 5.06. The lowest BCUT2D eigenvalue weighted by molar-refractivity contribution is 0.0955. The van der Waals surface area contributed by atoms with E-state index in [1.165, 1.54) is 23.3 Å². The number of aromatic amines is 1. The lowest BCUT2D eigenvalue weighted by atomic mass is 10.2. The zero-order valence-electron chi connectivity index (χ0n) is 12.9. The standard InChI is InChI=1S/C17H15N5O2/c1-12-15(11-19-20-16(23)13-7-9-18-10-8-13)17(24)22(21-12)14-5-3-2-4-6-14/h2-11,21H,1H3,(H,20,23)/b19-11+. The first-order valence-corrected chi connectivity index (χ1v) is 7.27. The SMILES string of the molecule is Cc1[nH]n(-c2ccccc2)c(=O)c1/C=N/NC(=O)c1ccncc1. The van der Waals surface area contributed by atoms with Gasteiger partial charge in [0.2, 0.25) is 0 Å². The first-order valence-electron chi connectivity index (χ1n) is 7.27. The summed E-state index contributed by atoms with van der Waals surface area (Å²) < 4.78 is 1.43. The lowest BCUT2D eigenvalue weighted by Gasteiger charge is -1.99. The Labute approximate surface area is 137 Å². The summed E-state index contributed by atoms with van der Waals surface area (Å²) in [6, 6.07) is 12.4. The maximum atomic E-state index is 12.5. The number of benzene rings is 1. The first-order chi connectivity index (χ1) is 11.7. The predicted molar refractivity (Wildman–Crippen MR) is 90.4 cm³/mol. The van der Waals surface area contributed by atoms with Gasteiger partial charge in [-0.1, -0.05) is 18.2 Å². The molecule has 0 saturated carbocycles. The number of amides is 1. The molecule has 0 aliphatic heterocycles. The van der Waals surface area contributed by atoms with Gasteiger partial charge in [0.15, 0.2) is 0 Å². The molecule has 0 spiro atoms. The number of pyridine rings is 1. The fraction of sp³-hybridized carbons (Fsp3) is 0.0588. The number of aromatic nitrogens is 3. The molecular formula is C17H15N5O2. The molecule has 0 saturated heterocycles. The summed E-state index contributed by atoms with van der Waals surface area (Å²) in [5.41, 5.74) is 4.36. The molecule has 0 aliphatic carbocycles. The van der Waals surface area contributed by atoms with Crippen molar-refractivity contribution in [3.8, 4) is 5.69 Å². The number of nitrogens with one attached hydrogen (secondary N) is 2. The van der Waals surface area contributed by atoms with Crippen LogP contribution in [0.2, 0.25) is 0 Å². The summed E-state index contributed by atoms with van der Waals surface area (Å²) in [7, 11) is 0. The summed E-state index contributed by atoms with van der Waals surface area (Å²) in [5.74, 6) is -0.370.